The molecule has 2 aromatic carbocycles. The van der Waals surface area contributed by atoms with Crippen molar-refractivity contribution in [3.8, 4) is 0 Å². The summed E-state index contributed by atoms with van der Waals surface area (Å²) in [5, 5.41) is 10.8. The number of hydrogen-bond donors (Lipinski definition) is 0. The lowest BCUT2D eigenvalue weighted by Crippen LogP contribution is -2.26. The zero-order valence-corrected chi connectivity index (χ0v) is 14.4. The van der Waals surface area contributed by atoms with Gasteiger partial charge in [-0.1, -0.05) is 6.07 Å². The van der Waals surface area contributed by atoms with E-state index in [2.05, 4.69) is 0 Å². The first-order chi connectivity index (χ1) is 11.8. The molecule has 0 radical (unpaired) electrons. The van der Waals surface area contributed by atoms with Crippen LogP contribution in [0, 0.1) is 10.1 Å². The van der Waals surface area contributed by atoms with Crippen molar-refractivity contribution in [2.24, 2.45) is 0 Å². The number of benzene rings is 2. The largest absolute Gasteiger partial charge is 0.462 e. The van der Waals surface area contributed by atoms with Gasteiger partial charge in [0.05, 0.1) is 27.7 Å². The van der Waals surface area contributed by atoms with Gasteiger partial charge in [-0.2, -0.15) is 0 Å². The van der Waals surface area contributed by atoms with Gasteiger partial charge in [0, 0.05) is 19.2 Å². The third kappa shape index (κ3) is 3.94. The van der Waals surface area contributed by atoms with Crippen molar-refractivity contribution < 1.29 is 22.9 Å². The maximum atomic E-state index is 12.6. The molecule has 0 aliphatic rings. The summed E-state index contributed by atoms with van der Waals surface area (Å²) in [7, 11) is -2.65. The zero-order chi connectivity index (χ0) is 18.6. The number of rotatable bonds is 6. The van der Waals surface area contributed by atoms with E-state index in [1.165, 1.54) is 49.5 Å². The van der Waals surface area contributed by atoms with Gasteiger partial charge in [-0.15, -0.1) is 0 Å². The number of non-ortho nitro benzene ring substituents is 1. The van der Waals surface area contributed by atoms with Crippen LogP contribution in [0.1, 0.15) is 17.3 Å². The quantitative estimate of drug-likeness (QED) is 0.443. The summed E-state index contributed by atoms with van der Waals surface area (Å²) in [4.78, 5) is 21.6. The number of nitro benzene ring substituents is 1. The molecule has 0 saturated carbocycles. The number of sulfonamides is 1. The van der Waals surface area contributed by atoms with Crippen LogP contribution in [0.15, 0.2) is 53.4 Å². The highest BCUT2D eigenvalue weighted by Gasteiger charge is 2.23. The second kappa shape index (κ2) is 7.31. The van der Waals surface area contributed by atoms with Crippen LogP contribution in [0.4, 0.5) is 11.4 Å². The Bertz CT molecular complexity index is 893. The SMILES string of the molecule is CCOC(=O)c1ccc(N(C)S(=O)(=O)c2cccc([N+](=O)[O-])c2)cc1. The maximum Gasteiger partial charge on any atom is 0.338 e. The van der Waals surface area contributed by atoms with Crippen molar-refractivity contribution in [2.75, 3.05) is 18.0 Å². The van der Waals surface area contributed by atoms with Gasteiger partial charge in [0.15, 0.2) is 0 Å². The number of nitrogens with zero attached hydrogens (tertiary/aromatic N) is 2. The van der Waals surface area contributed by atoms with Crippen LogP contribution < -0.4 is 4.31 Å². The minimum Gasteiger partial charge on any atom is -0.462 e. The number of carbonyl (C=O) groups is 1. The van der Waals surface area contributed by atoms with Gasteiger partial charge < -0.3 is 4.74 Å². The summed E-state index contributed by atoms with van der Waals surface area (Å²) >= 11 is 0. The van der Waals surface area contributed by atoms with E-state index in [9.17, 15) is 23.3 Å². The first-order valence-corrected chi connectivity index (χ1v) is 8.72. The maximum absolute atomic E-state index is 12.6. The lowest BCUT2D eigenvalue weighted by Gasteiger charge is -2.19. The summed E-state index contributed by atoms with van der Waals surface area (Å²) in [6.45, 7) is 1.92. The Labute approximate surface area is 144 Å². The Morgan fingerprint density at radius 3 is 2.40 bits per heavy atom. The normalized spacial score (nSPS) is 11.0. The van der Waals surface area contributed by atoms with Gasteiger partial charge in [0.2, 0.25) is 0 Å². The summed E-state index contributed by atoms with van der Waals surface area (Å²) in [5.74, 6) is -0.502. The predicted octanol–water partition coefficient (Wildman–Crippen LogP) is 2.60. The molecule has 0 atom stereocenters. The second-order valence-corrected chi connectivity index (χ2v) is 6.96. The molecule has 0 unspecified atom stereocenters. The summed E-state index contributed by atoms with van der Waals surface area (Å²) < 4.78 is 31.1. The standard InChI is InChI=1S/C16H16N2O6S/c1-3-24-16(19)12-7-9-13(10-8-12)17(2)25(22,23)15-6-4-5-14(11-15)18(20)21/h4-11H,3H2,1-2H3. The molecule has 0 spiro atoms. The fourth-order valence-electron chi connectivity index (χ4n) is 2.08. The molecule has 2 rings (SSSR count). The van der Waals surface area contributed by atoms with Gasteiger partial charge in [-0.3, -0.25) is 14.4 Å². The molecule has 0 aliphatic heterocycles. The van der Waals surface area contributed by atoms with Gasteiger partial charge >= 0.3 is 5.97 Å². The van der Waals surface area contributed by atoms with Crippen LogP contribution in [0.2, 0.25) is 0 Å². The number of ether oxygens (including phenoxy) is 1. The minimum atomic E-state index is -3.98. The first kappa shape index (κ1) is 18.4. The van der Waals surface area contributed by atoms with Gasteiger partial charge in [0.1, 0.15) is 0 Å². The van der Waals surface area contributed by atoms with E-state index < -0.39 is 20.9 Å². The molecule has 0 aliphatic carbocycles. The van der Waals surface area contributed by atoms with E-state index in [4.69, 9.17) is 4.74 Å². The molecule has 9 heteroatoms. The molecule has 0 amide bonds. The molecule has 0 heterocycles. The van der Waals surface area contributed by atoms with E-state index in [1.54, 1.807) is 6.92 Å². The Morgan fingerprint density at radius 1 is 1.20 bits per heavy atom. The molecule has 2 aromatic rings. The van der Waals surface area contributed by atoms with Gasteiger partial charge in [0.25, 0.3) is 15.7 Å². The molecule has 25 heavy (non-hydrogen) atoms. The van der Waals surface area contributed by atoms with E-state index in [-0.39, 0.29) is 17.2 Å². The van der Waals surface area contributed by atoms with Crippen molar-refractivity contribution in [3.05, 3.63) is 64.2 Å². The van der Waals surface area contributed by atoms with E-state index >= 15 is 0 Å². The summed E-state index contributed by atoms with van der Waals surface area (Å²) in [5.41, 5.74) is 0.290. The van der Waals surface area contributed by atoms with Crippen molar-refractivity contribution in [2.45, 2.75) is 11.8 Å². The molecule has 0 N–H and O–H groups in total. The van der Waals surface area contributed by atoms with Crippen molar-refractivity contribution >= 4 is 27.4 Å². The van der Waals surface area contributed by atoms with Gasteiger partial charge in [-0.05, 0) is 37.3 Å². The average Bonchev–Trinajstić information content (AvgIpc) is 2.61. The second-order valence-electron chi connectivity index (χ2n) is 4.99. The Hall–Kier alpha value is -2.94. The van der Waals surface area contributed by atoms with Crippen LogP contribution in [-0.2, 0) is 14.8 Å². The van der Waals surface area contributed by atoms with E-state index in [0.29, 0.717) is 11.3 Å². The summed E-state index contributed by atoms with van der Waals surface area (Å²) in [6, 6.07) is 10.6. The number of nitro groups is 1. The van der Waals surface area contributed by atoms with Crippen molar-refractivity contribution in [3.63, 3.8) is 0 Å². The molecule has 8 nitrogen and oxygen atoms in total. The molecule has 0 aromatic heterocycles. The van der Waals surface area contributed by atoms with Gasteiger partial charge in [-0.25, -0.2) is 13.2 Å². The molecule has 132 valence electrons. The number of esters is 1. The Kier molecular flexibility index (Phi) is 5.38. The van der Waals surface area contributed by atoms with Crippen LogP contribution in [0.25, 0.3) is 0 Å². The lowest BCUT2D eigenvalue weighted by atomic mass is 10.2. The van der Waals surface area contributed by atoms with Crippen LogP contribution in [0.3, 0.4) is 0 Å². The molecule has 0 fully saturated rings. The topological polar surface area (TPSA) is 107 Å². The van der Waals surface area contributed by atoms with Crippen LogP contribution >= 0.6 is 0 Å². The molecular weight excluding hydrogens is 348 g/mol. The highest BCUT2D eigenvalue weighted by molar-refractivity contribution is 7.92. The predicted molar refractivity (Wildman–Crippen MR) is 91.1 cm³/mol. The highest BCUT2D eigenvalue weighted by atomic mass is 32.2. The van der Waals surface area contributed by atoms with Crippen molar-refractivity contribution in [1.29, 1.82) is 0 Å². The Balaban J connectivity index is 2.32. The van der Waals surface area contributed by atoms with E-state index in [0.717, 1.165) is 10.4 Å². The fourth-order valence-corrected chi connectivity index (χ4v) is 3.31. The zero-order valence-electron chi connectivity index (χ0n) is 13.6. The smallest absolute Gasteiger partial charge is 0.338 e. The minimum absolute atomic E-state index is 0.196. The lowest BCUT2D eigenvalue weighted by molar-refractivity contribution is -0.385. The number of anilines is 1. The Morgan fingerprint density at radius 2 is 1.84 bits per heavy atom. The highest BCUT2D eigenvalue weighted by Crippen LogP contribution is 2.25. The van der Waals surface area contributed by atoms with Crippen LogP contribution in [0.5, 0.6) is 0 Å². The fraction of sp³-hybridized carbons (Fsp3) is 0.188. The third-order valence-corrected chi connectivity index (χ3v) is 5.21. The van der Waals surface area contributed by atoms with Crippen molar-refractivity contribution in [1.82, 2.24) is 0 Å². The molecular formula is C16H16N2O6S. The van der Waals surface area contributed by atoms with E-state index in [1.807, 2.05) is 0 Å². The molecule has 0 bridgehead atoms. The molecule has 0 saturated heterocycles. The average molecular weight is 364 g/mol. The summed E-state index contributed by atoms with van der Waals surface area (Å²) in [6.07, 6.45) is 0. The number of hydrogen-bond acceptors (Lipinski definition) is 6. The first-order valence-electron chi connectivity index (χ1n) is 7.28. The third-order valence-electron chi connectivity index (χ3n) is 3.43. The monoisotopic (exact) mass is 364 g/mol. The van der Waals surface area contributed by atoms with Crippen LogP contribution in [-0.4, -0.2) is 33.0 Å². The number of carbonyl (C=O) groups excluding carboxylic acids is 1.